The minimum atomic E-state index is -0.705. The average molecular weight is 418 g/mol. The Kier molecular flexibility index (Phi) is 6.27. The summed E-state index contributed by atoms with van der Waals surface area (Å²) in [4.78, 5) is 12.5. The number of hydrogen-bond acceptors (Lipinski definition) is 3. The lowest BCUT2D eigenvalue weighted by Gasteiger charge is -2.16. The Bertz CT molecular complexity index is 987. The van der Waals surface area contributed by atoms with Crippen molar-refractivity contribution >= 4 is 29.1 Å². The predicted molar refractivity (Wildman–Crippen MR) is 111 cm³/mol. The van der Waals surface area contributed by atoms with Gasteiger partial charge in [-0.05, 0) is 51.1 Å². The molecule has 3 rings (SSSR count). The van der Waals surface area contributed by atoms with Crippen LogP contribution in [0, 0.1) is 13.8 Å². The van der Waals surface area contributed by atoms with Crippen LogP contribution in [0.1, 0.15) is 23.9 Å². The molecule has 1 atom stereocenters. The van der Waals surface area contributed by atoms with Gasteiger partial charge in [-0.25, -0.2) is 4.68 Å². The van der Waals surface area contributed by atoms with Crippen LogP contribution in [0.5, 0.6) is 5.75 Å². The maximum absolute atomic E-state index is 12.5. The van der Waals surface area contributed by atoms with E-state index >= 15 is 0 Å². The molecule has 0 unspecified atom stereocenters. The molecule has 3 aromatic rings. The lowest BCUT2D eigenvalue weighted by atomic mass is 10.2. The maximum Gasteiger partial charge on any atom is 0.261 e. The zero-order chi connectivity index (χ0) is 20.3. The van der Waals surface area contributed by atoms with Crippen molar-refractivity contribution < 1.29 is 9.53 Å². The van der Waals surface area contributed by atoms with Gasteiger partial charge in [0.15, 0.2) is 6.10 Å². The molecule has 146 valence electrons. The molecule has 1 heterocycles. The Labute approximate surface area is 174 Å². The van der Waals surface area contributed by atoms with E-state index in [-0.39, 0.29) is 5.91 Å². The van der Waals surface area contributed by atoms with Gasteiger partial charge in [0.05, 0.1) is 16.4 Å². The number of para-hydroxylation sites is 1. The van der Waals surface area contributed by atoms with Crippen molar-refractivity contribution in [2.24, 2.45) is 0 Å². The highest BCUT2D eigenvalue weighted by Gasteiger charge is 2.18. The molecule has 7 heteroatoms. The molecule has 0 saturated heterocycles. The van der Waals surface area contributed by atoms with Crippen LogP contribution >= 0.6 is 23.2 Å². The standard InChI is InChI=1S/C21H21Cl2N3O2/c1-13-18(14(2)26(25-13)17-7-5-4-6-8-17)12-24-21(27)15(3)28-20-10-9-16(22)11-19(20)23/h4-11,15H,12H2,1-3H3,(H,24,27)/t15-/m0/s1. The number of ether oxygens (including phenoxy) is 1. The second-order valence-electron chi connectivity index (χ2n) is 6.45. The zero-order valence-corrected chi connectivity index (χ0v) is 17.4. The predicted octanol–water partition coefficient (Wildman–Crippen LogP) is 4.88. The molecule has 1 aromatic heterocycles. The van der Waals surface area contributed by atoms with E-state index in [1.54, 1.807) is 25.1 Å². The second-order valence-corrected chi connectivity index (χ2v) is 7.29. The molecule has 1 amide bonds. The van der Waals surface area contributed by atoms with Gasteiger partial charge >= 0.3 is 0 Å². The highest BCUT2D eigenvalue weighted by Crippen LogP contribution is 2.28. The van der Waals surface area contributed by atoms with Crippen LogP contribution in [0.25, 0.3) is 5.69 Å². The summed E-state index contributed by atoms with van der Waals surface area (Å²) in [6.45, 7) is 5.96. The summed E-state index contributed by atoms with van der Waals surface area (Å²) in [6.07, 6.45) is -0.705. The van der Waals surface area contributed by atoms with Crippen molar-refractivity contribution in [2.75, 3.05) is 0 Å². The fourth-order valence-corrected chi connectivity index (χ4v) is 3.34. The number of nitrogens with zero attached hydrogens (tertiary/aromatic N) is 2. The number of nitrogens with one attached hydrogen (secondary N) is 1. The monoisotopic (exact) mass is 417 g/mol. The number of benzene rings is 2. The molecular formula is C21H21Cl2N3O2. The van der Waals surface area contributed by atoms with E-state index in [0.29, 0.717) is 22.3 Å². The number of carbonyl (C=O) groups excluding carboxylic acids is 1. The molecule has 0 fully saturated rings. The van der Waals surface area contributed by atoms with Crippen LogP contribution in [0.2, 0.25) is 10.0 Å². The van der Waals surface area contributed by atoms with E-state index in [9.17, 15) is 4.79 Å². The second kappa shape index (κ2) is 8.67. The molecule has 0 saturated carbocycles. The Hall–Kier alpha value is -2.50. The quantitative estimate of drug-likeness (QED) is 0.621. The number of carbonyl (C=O) groups is 1. The van der Waals surface area contributed by atoms with Gasteiger partial charge in [-0.2, -0.15) is 5.10 Å². The van der Waals surface area contributed by atoms with Crippen molar-refractivity contribution in [3.8, 4) is 11.4 Å². The third kappa shape index (κ3) is 4.49. The van der Waals surface area contributed by atoms with Gasteiger partial charge in [-0.15, -0.1) is 0 Å². The Morgan fingerprint density at radius 2 is 1.89 bits per heavy atom. The topological polar surface area (TPSA) is 56.2 Å². The summed E-state index contributed by atoms with van der Waals surface area (Å²) in [7, 11) is 0. The van der Waals surface area contributed by atoms with E-state index in [1.165, 1.54) is 0 Å². The molecule has 5 nitrogen and oxygen atoms in total. The summed E-state index contributed by atoms with van der Waals surface area (Å²) in [5.41, 5.74) is 3.82. The summed E-state index contributed by atoms with van der Waals surface area (Å²) in [5, 5.41) is 8.38. The van der Waals surface area contributed by atoms with E-state index in [0.717, 1.165) is 22.6 Å². The smallest absolute Gasteiger partial charge is 0.261 e. The van der Waals surface area contributed by atoms with Crippen LogP contribution in [-0.2, 0) is 11.3 Å². The SMILES string of the molecule is Cc1nn(-c2ccccc2)c(C)c1CNC(=O)[C@H](C)Oc1ccc(Cl)cc1Cl. The van der Waals surface area contributed by atoms with Crippen molar-refractivity contribution in [2.45, 2.75) is 33.4 Å². The molecule has 1 N–H and O–H groups in total. The Balaban J connectivity index is 1.67. The molecule has 28 heavy (non-hydrogen) atoms. The van der Waals surface area contributed by atoms with Gasteiger partial charge in [0.25, 0.3) is 5.91 Å². The average Bonchev–Trinajstić information content (AvgIpc) is 2.96. The van der Waals surface area contributed by atoms with Gasteiger partial charge < -0.3 is 10.1 Å². The van der Waals surface area contributed by atoms with Gasteiger partial charge in [0.2, 0.25) is 0 Å². The van der Waals surface area contributed by atoms with E-state index in [4.69, 9.17) is 27.9 Å². The fraction of sp³-hybridized carbons (Fsp3) is 0.238. The van der Waals surface area contributed by atoms with E-state index < -0.39 is 6.10 Å². The van der Waals surface area contributed by atoms with Crippen LogP contribution in [0.4, 0.5) is 0 Å². The number of rotatable bonds is 6. The first-order valence-electron chi connectivity index (χ1n) is 8.86. The first-order valence-corrected chi connectivity index (χ1v) is 9.62. The molecule has 2 aromatic carbocycles. The van der Waals surface area contributed by atoms with E-state index in [2.05, 4.69) is 10.4 Å². The summed E-state index contributed by atoms with van der Waals surface area (Å²) < 4.78 is 7.54. The lowest BCUT2D eigenvalue weighted by Crippen LogP contribution is -2.36. The van der Waals surface area contributed by atoms with Crippen molar-refractivity contribution in [1.82, 2.24) is 15.1 Å². The van der Waals surface area contributed by atoms with Crippen LogP contribution in [0.15, 0.2) is 48.5 Å². The van der Waals surface area contributed by atoms with E-state index in [1.807, 2.05) is 48.9 Å². The van der Waals surface area contributed by atoms with Gasteiger partial charge in [-0.3, -0.25) is 4.79 Å². The third-order valence-electron chi connectivity index (χ3n) is 4.45. The van der Waals surface area contributed by atoms with Crippen LogP contribution in [-0.4, -0.2) is 21.8 Å². The fourth-order valence-electron chi connectivity index (χ4n) is 2.89. The maximum atomic E-state index is 12.5. The molecule has 0 bridgehead atoms. The molecule has 0 spiro atoms. The normalized spacial score (nSPS) is 11.9. The minimum absolute atomic E-state index is 0.239. The zero-order valence-electron chi connectivity index (χ0n) is 15.9. The molecule has 0 aliphatic carbocycles. The molecule has 0 aliphatic rings. The summed E-state index contributed by atoms with van der Waals surface area (Å²) in [5.74, 6) is 0.176. The largest absolute Gasteiger partial charge is 0.479 e. The Morgan fingerprint density at radius 1 is 1.18 bits per heavy atom. The first-order chi connectivity index (χ1) is 13.4. The summed E-state index contributed by atoms with van der Waals surface area (Å²) >= 11 is 12.0. The molecule has 0 aliphatic heterocycles. The van der Waals surface area contributed by atoms with Crippen LogP contribution < -0.4 is 10.1 Å². The third-order valence-corrected chi connectivity index (χ3v) is 4.98. The number of hydrogen-bond donors (Lipinski definition) is 1. The number of aromatic nitrogens is 2. The van der Waals surface area contributed by atoms with Crippen molar-refractivity contribution in [3.63, 3.8) is 0 Å². The highest BCUT2D eigenvalue weighted by atomic mass is 35.5. The highest BCUT2D eigenvalue weighted by molar-refractivity contribution is 6.35. The molecule has 0 radical (unpaired) electrons. The number of halogens is 2. The van der Waals surface area contributed by atoms with Crippen molar-refractivity contribution in [1.29, 1.82) is 0 Å². The molecular weight excluding hydrogens is 397 g/mol. The van der Waals surface area contributed by atoms with Gasteiger partial charge in [0, 0.05) is 22.8 Å². The Morgan fingerprint density at radius 3 is 2.57 bits per heavy atom. The van der Waals surface area contributed by atoms with Crippen molar-refractivity contribution in [3.05, 3.63) is 75.5 Å². The lowest BCUT2D eigenvalue weighted by molar-refractivity contribution is -0.127. The minimum Gasteiger partial charge on any atom is -0.479 e. The number of amides is 1. The van der Waals surface area contributed by atoms with Gasteiger partial charge in [0.1, 0.15) is 5.75 Å². The van der Waals surface area contributed by atoms with Gasteiger partial charge in [-0.1, -0.05) is 41.4 Å². The first kappa shape index (κ1) is 20.2. The van der Waals surface area contributed by atoms with Crippen LogP contribution in [0.3, 0.4) is 0 Å². The summed E-state index contributed by atoms with van der Waals surface area (Å²) in [6, 6.07) is 14.8. The number of aryl methyl sites for hydroxylation is 1.